The van der Waals surface area contributed by atoms with Crippen LogP contribution in [0.2, 0.25) is 6.32 Å². The summed E-state index contributed by atoms with van der Waals surface area (Å²) in [6, 6.07) is 22.8. The molecule has 10 nitrogen and oxygen atoms in total. The molecule has 0 unspecified atom stereocenters. The minimum Gasteiger partial charge on any atom is -0.507 e. The summed E-state index contributed by atoms with van der Waals surface area (Å²) in [5.74, 6) is -2.67. The molecule has 0 spiro atoms. The Hall–Kier alpha value is -4.58. The largest absolute Gasteiger partial charge is 0.507 e. The van der Waals surface area contributed by atoms with Crippen molar-refractivity contribution in [3.63, 3.8) is 0 Å². The number of pyridine rings is 1. The summed E-state index contributed by atoms with van der Waals surface area (Å²) >= 11 is 0. The van der Waals surface area contributed by atoms with Crippen LogP contribution in [0, 0.1) is 17.8 Å². The lowest BCUT2D eigenvalue weighted by molar-refractivity contribution is -0.122. The number of aliphatic hydroxyl groups excluding tert-OH is 1. The van der Waals surface area contributed by atoms with E-state index in [0.717, 1.165) is 38.1 Å². The van der Waals surface area contributed by atoms with E-state index < -0.39 is 49.9 Å². The molecule has 7 rings (SSSR count). The van der Waals surface area contributed by atoms with Crippen LogP contribution in [0.4, 0.5) is 5.69 Å². The van der Waals surface area contributed by atoms with Gasteiger partial charge >= 0.3 is 14.2 Å². The van der Waals surface area contributed by atoms with Gasteiger partial charge in [-0.3, -0.25) is 19.5 Å². The molecular weight excluding hydrogens is 610 g/mol. The summed E-state index contributed by atoms with van der Waals surface area (Å²) in [7, 11) is -2.95. The van der Waals surface area contributed by atoms with Crippen molar-refractivity contribution in [1.82, 2.24) is 4.98 Å². The Morgan fingerprint density at radius 3 is 2.52 bits per heavy atom. The van der Waals surface area contributed by atoms with Crippen LogP contribution < -0.4 is 10.4 Å². The number of imide groups is 1. The number of rotatable bonds is 8. The number of anilines is 1. The number of amides is 2. The third-order valence-corrected chi connectivity index (χ3v) is 9.86. The molecule has 3 aliphatic rings. The first-order chi connectivity index (χ1) is 23.2. The monoisotopic (exact) mass is 644 g/mol. The maximum atomic E-state index is 14.0. The zero-order valence-corrected chi connectivity index (χ0v) is 26.0. The normalized spacial score (nSPS) is 22.7. The van der Waals surface area contributed by atoms with Gasteiger partial charge in [-0.15, -0.1) is 0 Å². The van der Waals surface area contributed by atoms with Gasteiger partial charge in [0.25, 0.3) is 0 Å². The maximum absolute atomic E-state index is 14.0. The number of aromatic nitrogens is 1. The van der Waals surface area contributed by atoms with Crippen LogP contribution in [0.25, 0.3) is 22.4 Å². The third-order valence-electron chi connectivity index (χ3n) is 9.86. The second kappa shape index (κ2) is 13.1. The molecule has 1 aliphatic carbocycles. The molecular formula is C36H34B2N2O8. The molecule has 0 saturated carbocycles. The van der Waals surface area contributed by atoms with Gasteiger partial charge in [-0.25, -0.2) is 0 Å². The number of phenolic OH excluding ortho intramolecular Hbond substituents is 1. The van der Waals surface area contributed by atoms with Crippen LogP contribution in [0.5, 0.6) is 5.75 Å². The smallest absolute Gasteiger partial charge is 0.488 e. The number of hydrogen-bond acceptors (Lipinski definition) is 9. The standard InChI is InChI=1S/C36H34B2N2O8/c41-20-23-17-28-34(36(44)40(35(28)43)25-7-5-6-24(18-25)38(46)47)29-19-37(45)48-32(33(23)29)14-12-22(30-10-3-4-15-39-30)16-21-11-13-31(42)27-9-2-1-8-26(21)27/h1-11,13,15-16,18,28-29,32,34,41-42,45-47H,12,14,17,19-20H2/b22-16-/t28-,29+,32-,34-/m1/s1. The topological polar surface area (TPSA) is 161 Å². The maximum Gasteiger partial charge on any atom is 0.488 e. The van der Waals surface area contributed by atoms with Gasteiger partial charge < -0.3 is 29.9 Å². The fraction of sp³-hybridized carbons (Fsp3) is 0.250. The molecule has 1 aromatic heterocycles. The number of benzene rings is 3. The van der Waals surface area contributed by atoms with Crippen molar-refractivity contribution in [2.45, 2.75) is 31.7 Å². The van der Waals surface area contributed by atoms with Gasteiger partial charge in [0.05, 0.1) is 35.9 Å². The first kappa shape index (κ1) is 32.0. The fourth-order valence-corrected chi connectivity index (χ4v) is 7.72. The number of phenols is 1. The Bertz CT molecular complexity index is 1950. The minimum absolute atomic E-state index is 0.0984. The number of nitrogens with zero attached hydrogens (tertiary/aromatic N) is 2. The van der Waals surface area contributed by atoms with E-state index in [0.29, 0.717) is 18.4 Å². The van der Waals surface area contributed by atoms with Crippen LogP contribution in [0.1, 0.15) is 30.5 Å². The Kier molecular flexibility index (Phi) is 8.76. The molecule has 242 valence electrons. The van der Waals surface area contributed by atoms with Crippen LogP contribution in [0.3, 0.4) is 0 Å². The number of fused-ring (bicyclic) bond motifs is 4. The molecule has 2 amide bonds. The second-order valence-corrected chi connectivity index (χ2v) is 12.6. The van der Waals surface area contributed by atoms with Crippen molar-refractivity contribution in [2.24, 2.45) is 17.8 Å². The molecule has 2 fully saturated rings. The minimum atomic E-state index is -1.77. The molecule has 48 heavy (non-hydrogen) atoms. The van der Waals surface area contributed by atoms with Gasteiger partial charge in [-0.2, -0.15) is 0 Å². The van der Waals surface area contributed by atoms with Gasteiger partial charge in [-0.05, 0) is 101 Å². The average Bonchev–Trinajstić information content (AvgIpc) is 3.36. The average molecular weight is 644 g/mol. The molecule has 2 saturated heterocycles. The van der Waals surface area contributed by atoms with E-state index in [1.54, 1.807) is 24.4 Å². The molecule has 3 aromatic carbocycles. The molecule has 4 atom stereocenters. The number of aromatic hydroxyl groups is 1. The van der Waals surface area contributed by atoms with E-state index in [-0.39, 0.29) is 36.2 Å². The number of carbonyl (C=O) groups excluding carboxylic acids is 2. The van der Waals surface area contributed by atoms with E-state index >= 15 is 0 Å². The van der Waals surface area contributed by atoms with Gasteiger partial charge in [0.1, 0.15) is 5.75 Å². The van der Waals surface area contributed by atoms with Crippen molar-refractivity contribution >= 4 is 59.6 Å². The zero-order valence-electron chi connectivity index (χ0n) is 26.0. The van der Waals surface area contributed by atoms with Crippen molar-refractivity contribution < 1.29 is 39.5 Å². The number of allylic oxidation sites excluding steroid dienone is 1. The Labute approximate surface area is 277 Å². The van der Waals surface area contributed by atoms with Gasteiger partial charge in [0, 0.05) is 11.6 Å². The van der Waals surface area contributed by atoms with Crippen molar-refractivity contribution in [3.05, 3.63) is 107 Å². The SMILES string of the molecule is O=C1[C@@H]2[C@@H](CC(CO)=C3[C@@H](CC/C(=C/c4ccc(O)c5ccccc45)c4ccccn4)OB(O)C[C@@H]32)C(=O)N1c1cccc(B(O)O)c1. The Balaban J connectivity index is 1.22. The third kappa shape index (κ3) is 5.76. The van der Waals surface area contributed by atoms with E-state index in [1.165, 1.54) is 12.1 Å². The number of hydrogen-bond donors (Lipinski definition) is 5. The first-order valence-corrected chi connectivity index (χ1v) is 16.1. The van der Waals surface area contributed by atoms with Crippen LogP contribution in [-0.4, -0.2) is 69.0 Å². The summed E-state index contributed by atoms with van der Waals surface area (Å²) in [4.78, 5) is 33.5. The summed E-state index contributed by atoms with van der Waals surface area (Å²) in [5.41, 5.74) is 4.33. The van der Waals surface area contributed by atoms with Crippen LogP contribution in [-0.2, 0) is 14.2 Å². The zero-order chi connectivity index (χ0) is 33.5. The van der Waals surface area contributed by atoms with Crippen molar-refractivity contribution in [3.8, 4) is 5.75 Å². The molecule has 0 bridgehead atoms. The molecule has 2 aliphatic heterocycles. The lowest BCUT2D eigenvalue weighted by atomic mass is 9.58. The van der Waals surface area contributed by atoms with E-state index in [9.17, 15) is 34.9 Å². The van der Waals surface area contributed by atoms with Gasteiger partial charge in [0.15, 0.2) is 0 Å². The summed E-state index contributed by atoms with van der Waals surface area (Å²) in [5, 5.41) is 53.0. The molecule has 4 aromatic rings. The van der Waals surface area contributed by atoms with Crippen LogP contribution in [0.15, 0.2) is 96.2 Å². The molecule has 5 N–H and O–H groups in total. The number of aliphatic hydroxyl groups is 1. The Morgan fingerprint density at radius 2 is 1.77 bits per heavy atom. The molecule has 3 heterocycles. The highest BCUT2D eigenvalue weighted by atomic mass is 16.5. The lowest BCUT2D eigenvalue weighted by Gasteiger charge is -2.42. The summed E-state index contributed by atoms with van der Waals surface area (Å²) < 4.78 is 6.11. The fourth-order valence-electron chi connectivity index (χ4n) is 7.72. The van der Waals surface area contributed by atoms with Crippen LogP contribution >= 0.6 is 0 Å². The second-order valence-electron chi connectivity index (χ2n) is 12.6. The summed E-state index contributed by atoms with van der Waals surface area (Å²) in [6.45, 7) is -0.318. The van der Waals surface area contributed by atoms with E-state index in [1.807, 2.05) is 54.6 Å². The highest BCUT2D eigenvalue weighted by molar-refractivity contribution is 6.58. The van der Waals surface area contributed by atoms with Gasteiger partial charge in [0.2, 0.25) is 11.8 Å². The number of carbonyl (C=O) groups is 2. The van der Waals surface area contributed by atoms with E-state index in [4.69, 9.17) is 4.65 Å². The predicted molar refractivity (Wildman–Crippen MR) is 183 cm³/mol. The Morgan fingerprint density at radius 1 is 0.979 bits per heavy atom. The molecule has 12 heteroatoms. The first-order valence-electron chi connectivity index (χ1n) is 16.1. The highest BCUT2D eigenvalue weighted by Gasteiger charge is 2.57. The van der Waals surface area contributed by atoms with Gasteiger partial charge in [-0.1, -0.05) is 48.5 Å². The molecule has 0 radical (unpaired) electrons. The van der Waals surface area contributed by atoms with Crippen molar-refractivity contribution in [2.75, 3.05) is 11.5 Å². The summed E-state index contributed by atoms with van der Waals surface area (Å²) in [6.07, 6.45) is 4.28. The lowest BCUT2D eigenvalue weighted by Crippen LogP contribution is -2.46. The quantitative estimate of drug-likeness (QED) is 0.110. The van der Waals surface area contributed by atoms with Crippen molar-refractivity contribution in [1.29, 1.82) is 0 Å². The highest BCUT2D eigenvalue weighted by Crippen LogP contribution is 2.51. The predicted octanol–water partition coefficient (Wildman–Crippen LogP) is 2.93. The van der Waals surface area contributed by atoms with E-state index in [2.05, 4.69) is 4.98 Å².